The molecule has 3 aromatic rings. The normalized spacial score (nSPS) is 12.0. The molecule has 0 fully saturated rings. The van der Waals surface area contributed by atoms with Crippen molar-refractivity contribution in [2.45, 2.75) is 26.1 Å². The molecule has 1 atom stereocenters. The van der Waals surface area contributed by atoms with Gasteiger partial charge >= 0.3 is 5.69 Å². The summed E-state index contributed by atoms with van der Waals surface area (Å²) in [6, 6.07) is 13.9. The Labute approximate surface area is 168 Å². The Morgan fingerprint density at radius 1 is 1.03 bits per heavy atom. The van der Waals surface area contributed by atoms with Gasteiger partial charge in [0.05, 0.1) is 0 Å². The van der Waals surface area contributed by atoms with E-state index in [0.29, 0.717) is 18.7 Å². The number of ether oxygens (including phenoxy) is 1. The van der Waals surface area contributed by atoms with Crippen LogP contribution >= 0.6 is 0 Å². The SMILES string of the molecule is CC(NCc1cn(C)c(=O)n(C)c1=O)c1ccc(OCc2ccc(F)cc2)cc1. The van der Waals surface area contributed by atoms with E-state index in [1.807, 2.05) is 31.2 Å². The van der Waals surface area contributed by atoms with Crippen LogP contribution in [0.4, 0.5) is 4.39 Å². The number of hydrogen-bond acceptors (Lipinski definition) is 4. The third kappa shape index (κ3) is 5.00. The molecule has 0 aliphatic heterocycles. The maximum atomic E-state index is 12.9. The highest BCUT2D eigenvalue weighted by atomic mass is 19.1. The molecule has 1 unspecified atom stereocenters. The highest BCUT2D eigenvalue weighted by Gasteiger charge is 2.10. The molecule has 0 bridgehead atoms. The lowest BCUT2D eigenvalue weighted by Gasteiger charge is -2.15. The van der Waals surface area contributed by atoms with Gasteiger partial charge in [0.1, 0.15) is 18.2 Å². The standard InChI is InChI=1S/C22H24FN3O3/c1-15(24-12-18-13-25(2)22(28)26(3)21(18)27)17-6-10-20(11-7-17)29-14-16-4-8-19(23)9-5-16/h4-11,13,15,24H,12,14H2,1-3H3. The molecular weight excluding hydrogens is 373 g/mol. The van der Waals surface area contributed by atoms with E-state index in [1.165, 1.54) is 23.7 Å². The van der Waals surface area contributed by atoms with Gasteiger partial charge in [-0.1, -0.05) is 24.3 Å². The van der Waals surface area contributed by atoms with Gasteiger partial charge in [-0.2, -0.15) is 0 Å². The van der Waals surface area contributed by atoms with Crippen LogP contribution < -0.4 is 21.3 Å². The molecule has 7 heteroatoms. The lowest BCUT2D eigenvalue weighted by molar-refractivity contribution is 0.306. The van der Waals surface area contributed by atoms with Crippen molar-refractivity contribution in [3.05, 3.63) is 98.1 Å². The molecule has 0 amide bonds. The minimum atomic E-state index is -0.344. The zero-order chi connectivity index (χ0) is 21.0. The predicted molar refractivity (Wildman–Crippen MR) is 109 cm³/mol. The molecule has 6 nitrogen and oxygen atoms in total. The van der Waals surface area contributed by atoms with E-state index >= 15 is 0 Å². The number of aromatic nitrogens is 2. The van der Waals surface area contributed by atoms with Gasteiger partial charge in [-0.3, -0.25) is 9.36 Å². The number of nitrogens with zero attached hydrogens (tertiary/aromatic N) is 2. The summed E-state index contributed by atoms with van der Waals surface area (Å²) in [6.07, 6.45) is 1.57. The van der Waals surface area contributed by atoms with Crippen LogP contribution in [0.3, 0.4) is 0 Å². The average molecular weight is 397 g/mol. The molecule has 1 aromatic heterocycles. The van der Waals surface area contributed by atoms with Crippen molar-refractivity contribution in [2.75, 3.05) is 0 Å². The Morgan fingerprint density at radius 2 is 1.69 bits per heavy atom. The molecule has 0 aliphatic rings. The Kier molecular flexibility index (Phi) is 6.29. The topological polar surface area (TPSA) is 65.3 Å². The monoisotopic (exact) mass is 397 g/mol. The first kappa shape index (κ1) is 20.5. The van der Waals surface area contributed by atoms with Gasteiger partial charge in [-0.25, -0.2) is 9.18 Å². The number of hydrogen-bond donors (Lipinski definition) is 1. The van der Waals surface area contributed by atoms with Crippen LogP contribution in [0.25, 0.3) is 0 Å². The Bertz CT molecular complexity index is 1090. The number of nitrogens with one attached hydrogen (secondary N) is 1. The predicted octanol–water partition coefficient (Wildman–Crippen LogP) is 2.65. The van der Waals surface area contributed by atoms with E-state index in [9.17, 15) is 14.0 Å². The summed E-state index contributed by atoms with van der Waals surface area (Å²) >= 11 is 0. The van der Waals surface area contributed by atoms with Gasteiger partial charge in [-0.15, -0.1) is 0 Å². The molecular formula is C22H24FN3O3. The second kappa shape index (κ2) is 8.87. The summed E-state index contributed by atoms with van der Waals surface area (Å²) in [7, 11) is 3.10. The first-order valence-corrected chi connectivity index (χ1v) is 9.31. The first-order chi connectivity index (χ1) is 13.8. The molecule has 1 N–H and O–H groups in total. The number of halogens is 1. The van der Waals surface area contributed by atoms with E-state index in [2.05, 4.69) is 5.32 Å². The van der Waals surface area contributed by atoms with Crippen molar-refractivity contribution in [3.8, 4) is 5.75 Å². The summed E-state index contributed by atoms with van der Waals surface area (Å²) in [5, 5.41) is 3.31. The van der Waals surface area contributed by atoms with Crippen molar-refractivity contribution < 1.29 is 9.13 Å². The van der Waals surface area contributed by atoms with E-state index in [1.54, 1.807) is 25.4 Å². The Morgan fingerprint density at radius 3 is 2.34 bits per heavy atom. The Balaban J connectivity index is 1.59. The van der Waals surface area contributed by atoms with Crippen LogP contribution in [-0.2, 0) is 27.2 Å². The summed E-state index contributed by atoms with van der Waals surface area (Å²) in [5.74, 6) is 0.451. The van der Waals surface area contributed by atoms with Crippen LogP contribution in [0.15, 0.2) is 64.3 Å². The van der Waals surface area contributed by atoms with E-state index in [-0.39, 0.29) is 23.1 Å². The number of aryl methyl sites for hydroxylation is 1. The van der Waals surface area contributed by atoms with Crippen molar-refractivity contribution >= 4 is 0 Å². The summed E-state index contributed by atoms with van der Waals surface area (Å²) < 4.78 is 21.2. The summed E-state index contributed by atoms with van der Waals surface area (Å²) in [6.45, 7) is 2.72. The third-order valence-electron chi connectivity index (χ3n) is 4.82. The summed E-state index contributed by atoms with van der Waals surface area (Å²) in [5.41, 5.74) is 1.83. The van der Waals surface area contributed by atoms with E-state index < -0.39 is 0 Å². The zero-order valence-electron chi connectivity index (χ0n) is 16.7. The van der Waals surface area contributed by atoms with E-state index in [0.717, 1.165) is 21.4 Å². The maximum Gasteiger partial charge on any atom is 0.330 e. The minimum absolute atomic E-state index is 0.00286. The number of rotatable bonds is 7. The van der Waals surface area contributed by atoms with Gasteiger partial charge < -0.3 is 14.6 Å². The molecule has 29 heavy (non-hydrogen) atoms. The fourth-order valence-corrected chi connectivity index (χ4v) is 2.99. The molecule has 0 spiro atoms. The minimum Gasteiger partial charge on any atom is -0.489 e. The fraction of sp³-hybridized carbons (Fsp3) is 0.273. The molecule has 0 saturated heterocycles. The highest BCUT2D eigenvalue weighted by Crippen LogP contribution is 2.19. The van der Waals surface area contributed by atoms with Crippen LogP contribution in [0.1, 0.15) is 29.7 Å². The van der Waals surface area contributed by atoms with Gasteiger partial charge in [0.25, 0.3) is 5.56 Å². The molecule has 0 saturated carbocycles. The molecule has 152 valence electrons. The fourth-order valence-electron chi connectivity index (χ4n) is 2.99. The quantitative estimate of drug-likeness (QED) is 0.666. The molecule has 1 heterocycles. The maximum absolute atomic E-state index is 12.9. The lowest BCUT2D eigenvalue weighted by atomic mass is 10.1. The smallest absolute Gasteiger partial charge is 0.330 e. The molecule has 3 rings (SSSR count). The van der Waals surface area contributed by atoms with Crippen LogP contribution in [0, 0.1) is 5.82 Å². The lowest BCUT2D eigenvalue weighted by Crippen LogP contribution is -2.39. The molecule has 0 radical (unpaired) electrons. The highest BCUT2D eigenvalue weighted by molar-refractivity contribution is 5.29. The van der Waals surface area contributed by atoms with Crippen molar-refractivity contribution in [2.24, 2.45) is 14.1 Å². The third-order valence-corrected chi connectivity index (χ3v) is 4.82. The number of benzene rings is 2. The van der Waals surface area contributed by atoms with Crippen LogP contribution in [0.5, 0.6) is 5.75 Å². The van der Waals surface area contributed by atoms with Crippen molar-refractivity contribution in [1.29, 1.82) is 0 Å². The van der Waals surface area contributed by atoms with Crippen LogP contribution in [-0.4, -0.2) is 9.13 Å². The Hall–Kier alpha value is -3.19. The van der Waals surface area contributed by atoms with Gasteiger partial charge in [0.2, 0.25) is 0 Å². The first-order valence-electron chi connectivity index (χ1n) is 9.31. The zero-order valence-corrected chi connectivity index (χ0v) is 16.7. The second-order valence-electron chi connectivity index (χ2n) is 7.00. The summed E-state index contributed by atoms with van der Waals surface area (Å²) in [4.78, 5) is 24.0. The second-order valence-corrected chi connectivity index (χ2v) is 7.00. The average Bonchev–Trinajstić information content (AvgIpc) is 2.73. The van der Waals surface area contributed by atoms with E-state index in [4.69, 9.17) is 4.74 Å². The van der Waals surface area contributed by atoms with Gasteiger partial charge in [-0.05, 0) is 42.3 Å². The van der Waals surface area contributed by atoms with Gasteiger partial charge in [0.15, 0.2) is 0 Å². The van der Waals surface area contributed by atoms with Crippen molar-refractivity contribution in [1.82, 2.24) is 14.5 Å². The molecule has 2 aromatic carbocycles. The largest absolute Gasteiger partial charge is 0.489 e. The van der Waals surface area contributed by atoms with Gasteiger partial charge in [0, 0.05) is 38.4 Å². The van der Waals surface area contributed by atoms with Crippen LogP contribution in [0.2, 0.25) is 0 Å². The van der Waals surface area contributed by atoms with Crippen molar-refractivity contribution in [3.63, 3.8) is 0 Å². The molecule has 0 aliphatic carbocycles.